The summed E-state index contributed by atoms with van der Waals surface area (Å²) >= 11 is 0. The number of nitrogens with zero attached hydrogens (tertiary/aromatic N) is 5. The Hall–Kier alpha value is -2.28. The maximum absolute atomic E-state index is 12.5. The highest BCUT2D eigenvalue weighted by molar-refractivity contribution is 5.78. The first-order valence-electron chi connectivity index (χ1n) is 8.54. The summed E-state index contributed by atoms with van der Waals surface area (Å²) in [5.41, 5.74) is 0.970. The largest absolute Gasteiger partial charge is 0.341 e. The molecule has 3 heterocycles. The van der Waals surface area contributed by atoms with E-state index in [1.54, 1.807) is 12.4 Å². The molecule has 0 saturated carbocycles. The maximum Gasteiger partial charge on any atom is 0.227 e. The topological polar surface area (TPSA) is 78.0 Å². The Balaban J connectivity index is 1.51. The third kappa shape index (κ3) is 4.38. The number of amides is 1. The molecule has 1 fully saturated rings. The van der Waals surface area contributed by atoms with Gasteiger partial charge in [0.05, 0.1) is 13.0 Å². The molecular formula is C17H24N6O. The van der Waals surface area contributed by atoms with Crippen molar-refractivity contribution in [2.24, 2.45) is 0 Å². The van der Waals surface area contributed by atoms with Gasteiger partial charge in [-0.3, -0.25) is 19.8 Å². The number of carbonyl (C=O) groups is 1. The predicted octanol–water partition coefficient (Wildman–Crippen LogP) is 1.04. The molecule has 128 valence electrons. The molecule has 2 aromatic heterocycles. The van der Waals surface area contributed by atoms with Crippen molar-refractivity contribution in [3.63, 3.8) is 0 Å². The molecule has 1 amide bonds. The molecule has 1 N–H and O–H groups in total. The van der Waals surface area contributed by atoms with E-state index in [1.165, 1.54) is 0 Å². The van der Waals surface area contributed by atoms with Crippen molar-refractivity contribution in [3.8, 4) is 0 Å². The number of aromatic nitrogens is 4. The summed E-state index contributed by atoms with van der Waals surface area (Å²) in [6.45, 7) is 6.21. The van der Waals surface area contributed by atoms with E-state index in [9.17, 15) is 4.79 Å². The molecule has 0 unspecified atom stereocenters. The minimum absolute atomic E-state index is 0.179. The van der Waals surface area contributed by atoms with Crippen molar-refractivity contribution >= 4 is 5.91 Å². The third-order valence-electron chi connectivity index (χ3n) is 4.29. The monoisotopic (exact) mass is 328 g/mol. The van der Waals surface area contributed by atoms with Gasteiger partial charge in [-0.2, -0.15) is 5.10 Å². The summed E-state index contributed by atoms with van der Waals surface area (Å²) in [5.74, 6) is 1.94. The number of hydrogen-bond donors (Lipinski definition) is 1. The van der Waals surface area contributed by atoms with Gasteiger partial charge in [-0.05, 0) is 18.1 Å². The van der Waals surface area contributed by atoms with E-state index in [0.29, 0.717) is 6.42 Å². The van der Waals surface area contributed by atoms with Crippen molar-refractivity contribution in [2.45, 2.75) is 32.7 Å². The second-order valence-electron chi connectivity index (χ2n) is 6.10. The van der Waals surface area contributed by atoms with Gasteiger partial charge in [0.1, 0.15) is 11.6 Å². The molecule has 0 aliphatic carbocycles. The van der Waals surface area contributed by atoms with Crippen LogP contribution < -0.4 is 0 Å². The first-order valence-corrected chi connectivity index (χ1v) is 8.54. The minimum Gasteiger partial charge on any atom is -0.341 e. The summed E-state index contributed by atoms with van der Waals surface area (Å²) in [5, 5.41) is 7.18. The quantitative estimate of drug-likeness (QED) is 0.887. The van der Waals surface area contributed by atoms with E-state index < -0.39 is 0 Å². The van der Waals surface area contributed by atoms with E-state index in [1.807, 2.05) is 24.0 Å². The van der Waals surface area contributed by atoms with Gasteiger partial charge in [-0.1, -0.05) is 13.0 Å². The minimum atomic E-state index is 0.179. The maximum atomic E-state index is 12.5. The summed E-state index contributed by atoms with van der Waals surface area (Å²) in [7, 11) is 0. The highest BCUT2D eigenvalue weighted by atomic mass is 16.2. The van der Waals surface area contributed by atoms with Crippen LogP contribution in [0.1, 0.15) is 30.6 Å². The number of hydrogen-bond acceptors (Lipinski definition) is 5. The number of pyridine rings is 1. The summed E-state index contributed by atoms with van der Waals surface area (Å²) in [4.78, 5) is 25.3. The summed E-state index contributed by atoms with van der Waals surface area (Å²) in [6, 6.07) is 3.82. The smallest absolute Gasteiger partial charge is 0.227 e. The van der Waals surface area contributed by atoms with E-state index >= 15 is 0 Å². The Kier molecular flexibility index (Phi) is 5.53. The highest BCUT2D eigenvalue weighted by Crippen LogP contribution is 2.09. The molecule has 1 aliphatic rings. The molecule has 0 spiro atoms. The van der Waals surface area contributed by atoms with Crippen LogP contribution in [-0.2, 0) is 24.2 Å². The Bertz CT molecular complexity index is 656. The molecule has 7 heteroatoms. The van der Waals surface area contributed by atoms with Crippen LogP contribution in [0.25, 0.3) is 0 Å². The number of carbonyl (C=O) groups excluding carboxylic acids is 1. The first-order chi connectivity index (χ1) is 11.7. The van der Waals surface area contributed by atoms with Gasteiger partial charge in [0.2, 0.25) is 5.91 Å². The lowest BCUT2D eigenvalue weighted by Gasteiger charge is -2.21. The fourth-order valence-corrected chi connectivity index (χ4v) is 2.94. The van der Waals surface area contributed by atoms with Crippen LogP contribution in [0.2, 0.25) is 0 Å². The number of nitrogens with one attached hydrogen (secondary N) is 1. The Morgan fingerprint density at radius 3 is 2.96 bits per heavy atom. The lowest BCUT2D eigenvalue weighted by atomic mass is 10.2. The second kappa shape index (κ2) is 8.01. The molecule has 1 saturated heterocycles. The number of H-pyrrole nitrogens is 1. The Morgan fingerprint density at radius 1 is 1.29 bits per heavy atom. The molecule has 0 atom stereocenters. The van der Waals surface area contributed by atoms with Crippen LogP contribution in [0.3, 0.4) is 0 Å². The molecule has 24 heavy (non-hydrogen) atoms. The SMILES string of the molecule is CCc1n[nH]c(CN2CCCN(C(=O)Cc3cccnc3)CC2)n1. The van der Waals surface area contributed by atoms with Crippen molar-refractivity contribution in [1.82, 2.24) is 30.0 Å². The van der Waals surface area contributed by atoms with E-state index in [2.05, 4.69) is 25.1 Å². The van der Waals surface area contributed by atoms with Crippen molar-refractivity contribution in [2.75, 3.05) is 26.2 Å². The first kappa shape index (κ1) is 16.6. The third-order valence-corrected chi connectivity index (χ3v) is 4.29. The predicted molar refractivity (Wildman–Crippen MR) is 90.2 cm³/mol. The molecular weight excluding hydrogens is 304 g/mol. The van der Waals surface area contributed by atoms with Gasteiger partial charge < -0.3 is 4.90 Å². The lowest BCUT2D eigenvalue weighted by molar-refractivity contribution is -0.130. The zero-order valence-electron chi connectivity index (χ0n) is 14.1. The van der Waals surface area contributed by atoms with Gasteiger partial charge in [0, 0.05) is 45.0 Å². The fourth-order valence-electron chi connectivity index (χ4n) is 2.94. The molecule has 3 rings (SSSR count). The lowest BCUT2D eigenvalue weighted by Crippen LogP contribution is -2.36. The van der Waals surface area contributed by atoms with Crippen LogP contribution in [0.5, 0.6) is 0 Å². The van der Waals surface area contributed by atoms with Crippen molar-refractivity contribution in [3.05, 3.63) is 41.7 Å². The zero-order valence-corrected chi connectivity index (χ0v) is 14.1. The van der Waals surface area contributed by atoms with E-state index in [4.69, 9.17) is 0 Å². The Morgan fingerprint density at radius 2 is 2.21 bits per heavy atom. The molecule has 0 bridgehead atoms. The average molecular weight is 328 g/mol. The van der Waals surface area contributed by atoms with Crippen LogP contribution in [0.4, 0.5) is 0 Å². The van der Waals surface area contributed by atoms with Gasteiger partial charge in [0.25, 0.3) is 0 Å². The number of rotatable bonds is 5. The fraction of sp³-hybridized carbons (Fsp3) is 0.529. The number of aromatic amines is 1. The van der Waals surface area contributed by atoms with Crippen LogP contribution in [0, 0.1) is 0 Å². The van der Waals surface area contributed by atoms with Gasteiger partial charge in [0.15, 0.2) is 0 Å². The van der Waals surface area contributed by atoms with Crippen LogP contribution >= 0.6 is 0 Å². The summed E-state index contributed by atoms with van der Waals surface area (Å²) < 4.78 is 0. The van der Waals surface area contributed by atoms with E-state index in [-0.39, 0.29) is 5.91 Å². The Labute approximate surface area is 142 Å². The van der Waals surface area contributed by atoms with Crippen LogP contribution in [0.15, 0.2) is 24.5 Å². The molecule has 2 aromatic rings. The second-order valence-corrected chi connectivity index (χ2v) is 6.10. The van der Waals surface area contributed by atoms with Gasteiger partial charge in [-0.15, -0.1) is 0 Å². The molecule has 7 nitrogen and oxygen atoms in total. The normalized spacial score (nSPS) is 16.1. The van der Waals surface area contributed by atoms with Gasteiger partial charge in [-0.25, -0.2) is 4.98 Å². The van der Waals surface area contributed by atoms with Gasteiger partial charge >= 0.3 is 0 Å². The highest BCUT2D eigenvalue weighted by Gasteiger charge is 2.20. The van der Waals surface area contributed by atoms with Crippen molar-refractivity contribution < 1.29 is 4.79 Å². The van der Waals surface area contributed by atoms with Crippen LogP contribution in [-0.4, -0.2) is 62.1 Å². The summed E-state index contributed by atoms with van der Waals surface area (Å²) in [6.07, 6.45) is 5.74. The zero-order chi connectivity index (χ0) is 16.8. The van der Waals surface area contributed by atoms with E-state index in [0.717, 1.165) is 62.8 Å². The van der Waals surface area contributed by atoms with Crippen molar-refractivity contribution in [1.29, 1.82) is 0 Å². The average Bonchev–Trinajstić information content (AvgIpc) is 2.92. The molecule has 1 aliphatic heterocycles. The molecule has 0 aromatic carbocycles. The standard InChI is InChI=1S/C17H24N6O/c1-2-15-19-16(21-20-15)13-22-7-4-8-23(10-9-22)17(24)11-14-5-3-6-18-12-14/h3,5-6,12H,2,4,7-11,13H2,1H3,(H,19,20,21). The molecule has 0 radical (unpaired) electrons. The number of aryl methyl sites for hydroxylation is 1.